The van der Waals surface area contributed by atoms with Gasteiger partial charge in [-0.15, -0.1) is 10.2 Å². The average Bonchev–Trinajstić information content (AvgIpc) is 3.09. The summed E-state index contributed by atoms with van der Waals surface area (Å²) in [5.41, 5.74) is 1.89. The maximum atomic E-state index is 12.0. The Morgan fingerprint density at radius 3 is 3.04 bits per heavy atom. The molecule has 1 saturated carbocycles. The molecular weight excluding hydrogens is 312 g/mol. The summed E-state index contributed by atoms with van der Waals surface area (Å²) in [6.07, 6.45) is 4.01. The Morgan fingerprint density at radius 2 is 2.22 bits per heavy atom. The lowest BCUT2D eigenvalue weighted by Gasteiger charge is -2.08. The first-order valence-corrected chi connectivity index (χ1v) is 8.45. The number of amides is 1. The summed E-state index contributed by atoms with van der Waals surface area (Å²) >= 11 is 1.28. The second kappa shape index (κ2) is 5.73. The molecule has 118 valence electrons. The van der Waals surface area contributed by atoms with Gasteiger partial charge in [0.05, 0.1) is 10.8 Å². The van der Waals surface area contributed by atoms with Crippen LogP contribution in [0, 0.1) is 0 Å². The lowest BCUT2D eigenvalue weighted by Crippen LogP contribution is -2.32. The van der Waals surface area contributed by atoms with E-state index in [-0.39, 0.29) is 11.2 Å². The van der Waals surface area contributed by atoms with Gasteiger partial charge in [0, 0.05) is 23.1 Å². The lowest BCUT2D eigenvalue weighted by atomic mass is 10.2. The van der Waals surface area contributed by atoms with Gasteiger partial charge in [-0.2, -0.15) is 0 Å². The van der Waals surface area contributed by atoms with Crippen LogP contribution in [0.15, 0.2) is 40.1 Å². The Kier molecular flexibility index (Phi) is 3.57. The second-order valence-electron chi connectivity index (χ2n) is 5.66. The van der Waals surface area contributed by atoms with Crippen molar-refractivity contribution in [1.82, 2.24) is 20.5 Å². The van der Waals surface area contributed by atoms with Crippen LogP contribution in [0.2, 0.25) is 0 Å². The molecule has 0 radical (unpaired) electrons. The van der Waals surface area contributed by atoms with Crippen molar-refractivity contribution in [2.75, 3.05) is 0 Å². The van der Waals surface area contributed by atoms with Crippen molar-refractivity contribution in [3.8, 4) is 11.5 Å². The molecule has 7 heteroatoms. The molecule has 0 aliphatic heterocycles. The van der Waals surface area contributed by atoms with Gasteiger partial charge in [0.15, 0.2) is 0 Å². The summed E-state index contributed by atoms with van der Waals surface area (Å²) in [5.74, 6) is 0.476. The van der Waals surface area contributed by atoms with Crippen molar-refractivity contribution >= 4 is 28.6 Å². The van der Waals surface area contributed by atoms with E-state index in [1.165, 1.54) is 11.8 Å². The standard InChI is InChI=1S/C16H16N4O2S/c1-9(14(21)18-10-6-7-10)23-16-20-19-15(22-16)12-8-17-13-5-3-2-4-11(12)13/h2-5,8-10,17H,6-7H2,1H3,(H,18,21)/t9-/m1/s1. The minimum atomic E-state index is -0.258. The quantitative estimate of drug-likeness (QED) is 0.704. The molecular formula is C16H16N4O2S. The summed E-state index contributed by atoms with van der Waals surface area (Å²) in [4.78, 5) is 15.2. The normalized spacial score (nSPS) is 15.7. The SMILES string of the molecule is C[C@@H](Sc1nnc(-c2c[nH]c3ccccc23)o1)C(=O)NC1CC1. The number of aromatic nitrogens is 3. The van der Waals surface area contributed by atoms with Crippen LogP contribution in [0.5, 0.6) is 0 Å². The topological polar surface area (TPSA) is 83.8 Å². The van der Waals surface area contributed by atoms with E-state index in [0.717, 1.165) is 29.3 Å². The number of aromatic amines is 1. The third kappa shape index (κ3) is 2.96. The number of fused-ring (bicyclic) bond motifs is 1. The molecule has 1 amide bonds. The predicted octanol–water partition coefficient (Wildman–Crippen LogP) is 2.98. The van der Waals surface area contributed by atoms with Gasteiger partial charge in [-0.1, -0.05) is 30.0 Å². The molecule has 2 aromatic heterocycles. The van der Waals surface area contributed by atoms with Crippen LogP contribution in [-0.4, -0.2) is 32.4 Å². The zero-order chi connectivity index (χ0) is 15.8. The molecule has 4 rings (SSSR count). The largest absolute Gasteiger partial charge is 0.411 e. The number of H-pyrrole nitrogens is 1. The third-order valence-corrected chi connectivity index (χ3v) is 4.73. The van der Waals surface area contributed by atoms with Crippen molar-refractivity contribution in [1.29, 1.82) is 0 Å². The zero-order valence-electron chi connectivity index (χ0n) is 12.6. The van der Waals surface area contributed by atoms with Gasteiger partial charge < -0.3 is 14.7 Å². The minimum Gasteiger partial charge on any atom is -0.411 e. The predicted molar refractivity (Wildman–Crippen MR) is 88.1 cm³/mol. The van der Waals surface area contributed by atoms with Crippen LogP contribution in [0.3, 0.4) is 0 Å². The first-order chi connectivity index (χ1) is 11.2. The molecule has 2 N–H and O–H groups in total. The van der Waals surface area contributed by atoms with Crippen LogP contribution in [0.1, 0.15) is 19.8 Å². The average molecular weight is 328 g/mol. The van der Waals surface area contributed by atoms with E-state index in [2.05, 4.69) is 20.5 Å². The van der Waals surface area contributed by atoms with Gasteiger partial charge in [0.2, 0.25) is 5.91 Å². The molecule has 23 heavy (non-hydrogen) atoms. The first-order valence-electron chi connectivity index (χ1n) is 7.58. The molecule has 1 fully saturated rings. The van der Waals surface area contributed by atoms with Crippen molar-refractivity contribution in [3.05, 3.63) is 30.5 Å². The Hall–Kier alpha value is -2.28. The lowest BCUT2D eigenvalue weighted by molar-refractivity contribution is -0.120. The van der Waals surface area contributed by atoms with Crippen LogP contribution in [0.4, 0.5) is 0 Å². The molecule has 0 saturated heterocycles. The summed E-state index contributed by atoms with van der Waals surface area (Å²) in [6.45, 7) is 1.85. The number of thioether (sulfide) groups is 1. The number of carbonyl (C=O) groups excluding carboxylic acids is 1. The number of rotatable bonds is 5. The molecule has 1 aliphatic rings. The van der Waals surface area contributed by atoms with E-state index in [1.54, 1.807) is 0 Å². The van der Waals surface area contributed by atoms with Gasteiger partial charge in [-0.3, -0.25) is 4.79 Å². The molecule has 1 atom stereocenters. The van der Waals surface area contributed by atoms with Crippen LogP contribution >= 0.6 is 11.8 Å². The Morgan fingerprint density at radius 1 is 1.39 bits per heavy atom. The fourth-order valence-corrected chi connectivity index (χ4v) is 3.06. The van der Waals surface area contributed by atoms with E-state index in [0.29, 0.717) is 17.2 Å². The number of hydrogen-bond donors (Lipinski definition) is 2. The number of para-hydroxylation sites is 1. The van der Waals surface area contributed by atoms with E-state index in [4.69, 9.17) is 4.42 Å². The van der Waals surface area contributed by atoms with E-state index in [1.807, 2.05) is 37.4 Å². The van der Waals surface area contributed by atoms with Gasteiger partial charge in [-0.25, -0.2) is 0 Å². The van der Waals surface area contributed by atoms with Crippen LogP contribution < -0.4 is 5.32 Å². The highest BCUT2D eigenvalue weighted by molar-refractivity contribution is 8.00. The Bertz CT molecular complexity index is 853. The van der Waals surface area contributed by atoms with E-state index in [9.17, 15) is 4.79 Å². The molecule has 0 spiro atoms. The van der Waals surface area contributed by atoms with E-state index < -0.39 is 0 Å². The highest BCUT2D eigenvalue weighted by atomic mass is 32.2. The second-order valence-corrected chi connectivity index (χ2v) is 6.96. The molecule has 2 heterocycles. The summed E-state index contributed by atoms with van der Waals surface area (Å²) < 4.78 is 5.72. The smallest absolute Gasteiger partial charge is 0.277 e. The number of nitrogens with one attached hydrogen (secondary N) is 2. The van der Waals surface area contributed by atoms with Gasteiger partial charge in [-0.05, 0) is 25.8 Å². The highest BCUT2D eigenvalue weighted by Gasteiger charge is 2.27. The Labute approximate surface area is 137 Å². The van der Waals surface area contributed by atoms with Crippen LogP contribution in [0.25, 0.3) is 22.4 Å². The van der Waals surface area contributed by atoms with Gasteiger partial charge >= 0.3 is 0 Å². The monoisotopic (exact) mass is 328 g/mol. The molecule has 3 aromatic rings. The summed E-state index contributed by atoms with van der Waals surface area (Å²) in [7, 11) is 0. The number of hydrogen-bond acceptors (Lipinski definition) is 5. The number of carbonyl (C=O) groups is 1. The molecule has 6 nitrogen and oxygen atoms in total. The molecule has 1 aromatic carbocycles. The van der Waals surface area contributed by atoms with Gasteiger partial charge in [0.25, 0.3) is 11.1 Å². The molecule has 0 unspecified atom stereocenters. The van der Waals surface area contributed by atoms with Crippen molar-refractivity contribution in [3.63, 3.8) is 0 Å². The summed E-state index contributed by atoms with van der Waals surface area (Å²) in [5, 5.41) is 12.3. The highest BCUT2D eigenvalue weighted by Crippen LogP contribution is 2.31. The third-order valence-electron chi connectivity index (χ3n) is 3.80. The zero-order valence-corrected chi connectivity index (χ0v) is 13.4. The van der Waals surface area contributed by atoms with Crippen LogP contribution in [-0.2, 0) is 4.79 Å². The van der Waals surface area contributed by atoms with Crippen molar-refractivity contribution in [2.45, 2.75) is 36.3 Å². The Balaban J connectivity index is 1.51. The van der Waals surface area contributed by atoms with Crippen molar-refractivity contribution < 1.29 is 9.21 Å². The van der Waals surface area contributed by atoms with E-state index >= 15 is 0 Å². The minimum absolute atomic E-state index is 0.0179. The van der Waals surface area contributed by atoms with Gasteiger partial charge in [0.1, 0.15) is 0 Å². The molecule has 1 aliphatic carbocycles. The molecule has 0 bridgehead atoms. The number of nitrogens with zero attached hydrogens (tertiary/aromatic N) is 2. The first kappa shape index (κ1) is 14.3. The summed E-state index contributed by atoms with van der Waals surface area (Å²) in [6, 6.07) is 8.29. The number of benzene rings is 1. The fraction of sp³-hybridized carbons (Fsp3) is 0.312. The fourth-order valence-electron chi connectivity index (χ4n) is 2.37. The maximum absolute atomic E-state index is 12.0. The maximum Gasteiger partial charge on any atom is 0.277 e. The van der Waals surface area contributed by atoms with Crippen molar-refractivity contribution in [2.24, 2.45) is 0 Å².